The number of nitrogens with one attached hydrogen (secondary N) is 1. The van der Waals surface area contributed by atoms with Gasteiger partial charge >= 0.3 is 0 Å². The van der Waals surface area contributed by atoms with Crippen molar-refractivity contribution in [2.75, 3.05) is 5.32 Å². The normalized spacial score (nSPS) is 10.2. The highest BCUT2D eigenvalue weighted by Crippen LogP contribution is 2.12. The number of aromatic nitrogens is 2. The van der Waals surface area contributed by atoms with Crippen LogP contribution in [0.15, 0.2) is 36.5 Å². The molecule has 0 radical (unpaired) electrons. The van der Waals surface area contributed by atoms with Crippen molar-refractivity contribution in [3.8, 4) is 0 Å². The molecule has 0 saturated heterocycles. The molecule has 1 N–H and O–H groups in total. The maximum atomic E-state index is 11.8. The van der Waals surface area contributed by atoms with Gasteiger partial charge in [0.2, 0.25) is 0 Å². The van der Waals surface area contributed by atoms with Crippen LogP contribution >= 0.6 is 22.6 Å². The van der Waals surface area contributed by atoms with Gasteiger partial charge in [-0.1, -0.05) is 0 Å². The van der Waals surface area contributed by atoms with Crippen molar-refractivity contribution >= 4 is 34.2 Å². The molecule has 88 valence electrons. The third-order valence-corrected chi connectivity index (χ3v) is 3.02. The van der Waals surface area contributed by atoms with E-state index in [1.165, 1.54) is 0 Å². The Morgan fingerprint density at radius 3 is 2.65 bits per heavy atom. The van der Waals surface area contributed by atoms with Crippen molar-refractivity contribution in [2.24, 2.45) is 0 Å². The number of hydrogen-bond acceptors (Lipinski definition) is 2. The van der Waals surface area contributed by atoms with Gasteiger partial charge in [-0.05, 0) is 59.8 Å². The SMILES string of the molecule is CCn1ccc(C(=O)Nc2ccc(I)cc2)n1. The molecule has 2 aromatic rings. The van der Waals surface area contributed by atoms with Crippen molar-refractivity contribution in [1.29, 1.82) is 0 Å². The molecule has 0 atom stereocenters. The number of benzene rings is 1. The van der Waals surface area contributed by atoms with Crippen molar-refractivity contribution in [3.63, 3.8) is 0 Å². The molecule has 2 rings (SSSR count). The lowest BCUT2D eigenvalue weighted by Crippen LogP contribution is -2.13. The standard InChI is InChI=1S/C12H12IN3O/c1-2-16-8-7-11(15-16)12(17)14-10-5-3-9(13)4-6-10/h3-8H,2H2,1H3,(H,14,17). The summed E-state index contributed by atoms with van der Waals surface area (Å²) in [6.07, 6.45) is 1.79. The largest absolute Gasteiger partial charge is 0.321 e. The maximum Gasteiger partial charge on any atom is 0.276 e. The van der Waals surface area contributed by atoms with Crippen LogP contribution in [0, 0.1) is 3.57 Å². The van der Waals surface area contributed by atoms with Crippen LogP contribution in [0.1, 0.15) is 17.4 Å². The van der Waals surface area contributed by atoms with Crippen molar-refractivity contribution in [2.45, 2.75) is 13.5 Å². The molecule has 1 aromatic heterocycles. The zero-order valence-corrected chi connectivity index (χ0v) is 11.5. The van der Waals surface area contributed by atoms with E-state index in [4.69, 9.17) is 0 Å². The Labute approximate surface area is 113 Å². The Balaban J connectivity index is 2.08. The molecule has 0 unspecified atom stereocenters. The first kappa shape index (κ1) is 12.1. The van der Waals surface area contributed by atoms with E-state index in [0.717, 1.165) is 15.8 Å². The van der Waals surface area contributed by atoms with E-state index >= 15 is 0 Å². The van der Waals surface area contributed by atoms with E-state index in [1.54, 1.807) is 16.9 Å². The smallest absolute Gasteiger partial charge is 0.276 e. The van der Waals surface area contributed by atoms with E-state index in [9.17, 15) is 4.79 Å². The highest BCUT2D eigenvalue weighted by atomic mass is 127. The highest BCUT2D eigenvalue weighted by molar-refractivity contribution is 14.1. The van der Waals surface area contributed by atoms with Gasteiger partial charge in [0.1, 0.15) is 0 Å². The molecule has 1 heterocycles. The Bertz CT molecular complexity index is 519. The van der Waals surface area contributed by atoms with Crippen molar-refractivity contribution < 1.29 is 4.79 Å². The molecule has 0 spiro atoms. The van der Waals surface area contributed by atoms with Crippen LogP contribution in [-0.4, -0.2) is 15.7 Å². The van der Waals surface area contributed by atoms with Crippen LogP contribution in [0.2, 0.25) is 0 Å². The quantitative estimate of drug-likeness (QED) is 0.873. The second kappa shape index (κ2) is 5.31. The fourth-order valence-corrected chi connectivity index (χ4v) is 1.75. The number of nitrogens with zero attached hydrogens (tertiary/aromatic N) is 2. The summed E-state index contributed by atoms with van der Waals surface area (Å²) in [5.74, 6) is -0.182. The lowest BCUT2D eigenvalue weighted by molar-refractivity contribution is 0.102. The molecule has 4 nitrogen and oxygen atoms in total. The molecule has 1 aromatic carbocycles. The van der Waals surface area contributed by atoms with Gasteiger partial charge in [-0.25, -0.2) is 0 Å². The van der Waals surface area contributed by atoms with Gasteiger partial charge in [-0.15, -0.1) is 0 Å². The van der Waals surface area contributed by atoms with E-state index < -0.39 is 0 Å². The number of hydrogen-bond donors (Lipinski definition) is 1. The van der Waals surface area contributed by atoms with Gasteiger partial charge in [0.15, 0.2) is 5.69 Å². The number of rotatable bonds is 3. The summed E-state index contributed by atoms with van der Waals surface area (Å²) in [7, 11) is 0. The minimum atomic E-state index is -0.182. The highest BCUT2D eigenvalue weighted by Gasteiger charge is 2.08. The number of amides is 1. The second-order valence-electron chi connectivity index (χ2n) is 3.52. The monoisotopic (exact) mass is 341 g/mol. The van der Waals surface area contributed by atoms with Gasteiger partial charge in [-0.3, -0.25) is 9.48 Å². The topological polar surface area (TPSA) is 46.9 Å². The summed E-state index contributed by atoms with van der Waals surface area (Å²) >= 11 is 2.22. The van der Waals surface area contributed by atoms with Crippen LogP contribution in [0.3, 0.4) is 0 Å². The van der Waals surface area contributed by atoms with E-state index in [-0.39, 0.29) is 5.91 Å². The number of halogens is 1. The number of aryl methyl sites for hydroxylation is 1. The van der Waals surface area contributed by atoms with Crippen LogP contribution in [0.5, 0.6) is 0 Å². The lowest BCUT2D eigenvalue weighted by atomic mass is 10.3. The van der Waals surface area contributed by atoms with E-state index in [0.29, 0.717) is 5.69 Å². The van der Waals surface area contributed by atoms with Gasteiger partial charge in [0.05, 0.1) is 0 Å². The first-order valence-electron chi connectivity index (χ1n) is 5.29. The lowest BCUT2D eigenvalue weighted by Gasteiger charge is -2.02. The van der Waals surface area contributed by atoms with Gasteiger partial charge in [0.25, 0.3) is 5.91 Å². The molecule has 5 heteroatoms. The maximum absolute atomic E-state index is 11.8. The molecule has 1 amide bonds. The fourth-order valence-electron chi connectivity index (χ4n) is 1.39. The average Bonchev–Trinajstić information content (AvgIpc) is 2.81. The molecule has 0 aliphatic carbocycles. The summed E-state index contributed by atoms with van der Waals surface area (Å²) < 4.78 is 2.86. The zero-order valence-electron chi connectivity index (χ0n) is 9.35. The minimum absolute atomic E-state index is 0.182. The first-order valence-corrected chi connectivity index (χ1v) is 6.37. The zero-order chi connectivity index (χ0) is 12.3. The van der Waals surface area contributed by atoms with Crippen LogP contribution < -0.4 is 5.32 Å². The Hall–Kier alpha value is -1.37. The number of carbonyl (C=O) groups is 1. The molecule has 0 aliphatic rings. The average molecular weight is 341 g/mol. The summed E-state index contributed by atoms with van der Waals surface area (Å²) in [6, 6.07) is 9.35. The summed E-state index contributed by atoms with van der Waals surface area (Å²) in [5.41, 5.74) is 1.21. The summed E-state index contributed by atoms with van der Waals surface area (Å²) in [5, 5.41) is 6.95. The number of anilines is 1. The van der Waals surface area contributed by atoms with Crippen LogP contribution in [0.25, 0.3) is 0 Å². The predicted octanol–water partition coefficient (Wildman–Crippen LogP) is 2.76. The molecular formula is C12H12IN3O. The first-order chi connectivity index (χ1) is 8.19. The minimum Gasteiger partial charge on any atom is -0.321 e. The Morgan fingerprint density at radius 1 is 1.35 bits per heavy atom. The number of carbonyl (C=O) groups excluding carboxylic acids is 1. The van der Waals surface area contributed by atoms with Crippen LogP contribution in [-0.2, 0) is 6.54 Å². The second-order valence-corrected chi connectivity index (χ2v) is 4.76. The third kappa shape index (κ3) is 3.06. The van der Waals surface area contributed by atoms with Gasteiger partial charge in [-0.2, -0.15) is 5.10 Å². The van der Waals surface area contributed by atoms with Gasteiger partial charge in [0, 0.05) is 22.0 Å². The predicted molar refractivity (Wildman–Crippen MR) is 75.0 cm³/mol. The molecule has 0 saturated carbocycles. The van der Waals surface area contributed by atoms with Crippen molar-refractivity contribution in [1.82, 2.24) is 9.78 Å². The molecular weight excluding hydrogens is 329 g/mol. The third-order valence-electron chi connectivity index (χ3n) is 2.30. The summed E-state index contributed by atoms with van der Waals surface area (Å²) in [6.45, 7) is 2.74. The van der Waals surface area contributed by atoms with Crippen LogP contribution in [0.4, 0.5) is 5.69 Å². The van der Waals surface area contributed by atoms with E-state index in [1.807, 2.05) is 31.2 Å². The molecule has 0 bridgehead atoms. The Morgan fingerprint density at radius 2 is 2.06 bits per heavy atom. The Kier molecular flexibility index (Phi) is 3.78. The molecule has 0 fully saturated rings. The summed E-state index contributed by atoms with van der Waals surface area (Å²) in [4.78, 5) is 11.8. The van der Waals surface area contributed by atoms with Gasteiger partial charge < -0.3 is 5.32 Å². The molecule has 0 aliphatic heterocycles. The van der Waals surface area contributed by atoms with Crippen molar-refractivity contribution in [3.05, 3.63) is 45.8 Å². The fraction of sp³-hybridized carbons (Fsp3) is 0.167. The molecule has 17 heavy (non-hydrogen) atoms. The van der Waals surface area contributed by atoms with E-state index in [2.05, 4.69) is 33.0 Å².